The van der Waals surface area contributed by atoms with E-state index in [-0.39, 0.29) is 36.0 Å². The summed E-state index contributed by atoms with van der Waals surface area (Å²) in [6.45, 7) is -0.180. The molecule has 5 nitrogen and oxygen atoms in total. The van der Waals surface area contributed by atoms with Crippen molar-refractivity contribution in [3.8, 4) is 5.75 Å². The van der Waals surface area contributed by atoms with E-state index in [0.29, 0.717) is 28.8 Å². The van der Waals surface area contributed by atoms with Crippen molar-refractivity contribution >= 4 is 23.3 Å². The lowest BCUT2D eigenvalue weighted by molar-refractivity contribution is -0.123. The van der Waals surface area contributed by atoms with Gasteiger partial charge in [-0.15, -0.1) is 0 Å². The number of rotatable bonds is 5. The molecule has 148 valence electrons. The van der Waals surface area contributed by atoms with E-state index in [1.165, 1.54) is 29.2 Å². The standard InChI is InChI=1S/C23H20FNO4/c24-16-5-3-13(4-6-16)19(26)12-29-18-9-7-17(8-10-18)25-22(27)20-14-1-2-15(11-14)21(20)23(25)28/h3-10,14-15,20-21H,1-2,11-12H2/t14-,15-,20-,21+/m0/s1. The monoisotopic (exact) mass is 393 g/mol. The highest BCUT2D eigenvalue weighted by molar-refractivity contribution is 6.22. The molecule has 1 saturated heterocycles. The summed E-state index contributed by atoms with van der Waals surface area (Å²) in [6, 6.07) is 11.9. The topological polar surface area (TPSA) is 63.7 Å². The Morgan fingerprint density at radius 1 is 0.931 bits per heavy atom. The molecule has 3 fully saturated rings. The molecule has 6 heteroatoms. The second-order valence-corrected chi connectivity index (χ2v) is 8.11. The molecule has 29 heavy (non-hydrogen) atoms. The lowest BCUT2D eigenvalue weighted by atomic mass is 9.81. The van der Waals surface area contributed by atoms with Crippen LogP contribution in [0.3, 0.4) is 0 Å². The van der Waals surface area contributed by atoms with Crippen LogP contribution in [0.2, 0.25) is 0 Å². The number of halogens is 1. The van der Waals surface area contributed by atoms with Gasteiger partial charge in [-0.05, 0) is 79.6 Å². The van der Waals surface area contributed by atoms with Crippen LogP contribution in [-0.2, 0) is 9.59 Å². The molecule has 2 aromatic carbocycles. The molecule has 1 heterocycles. The Morgan fingerprint density at radius 2 is 1.52 bits per heavy atom. The number of ketones is 1. The number of hydrogen-bond donors (Lipinski definition) is 0. The third-order valence-electron chi connectivity index (χ3n) is 6.56. The number of hydrogen-bond acceptors (Lipinski definition) is 4. The number of anilines is 1. The van der Waals surface area contributed by atoms with Gasteiger partial charge in [0.2, 0.25) is 11.8 Å². The maximum atomic E-state index is 12.9. The first-order chi connectivity index (χ1) is 14.0. The van der Waals surface area contributed by atoms with Gasteiger partial charge >= 0.3 is 0 Å². The Labute approximate surface area is 167 Å². The third kappa shape index (κ3) is 2.94. The number of fused-ring (bicyclic) bond motifs is 5. The smallest absolute Gasteiger partial charge is 0.237 e. The van der Waals surface area contributed by atoms with Crippen molar-refractivity contribution in [2.24, 2.45) is 23.7 Å². The largest absolute Gasteiger partial charge is 0.485 e. The van der Waals surface area contributed by atoms with Crippen LogP contribution in [0.25, 0.3) is 0 Å². The van der Waals surface area contributed by atoms with Crippen LogP contribution in [0.1, 0.15) is 29.6 Å². The molecule has 1 aliphatic heterocycles. The molecule has 0 aromatic heterocycles. The van der Waals surface area contributed by atoms with Crippen molar-refractivity contribution < 1.29 is 23.5 Å². The number of nitrogens with zero attached hydrogens (tertiary/aromatic N) is 1. The van der Waals surface area contributed by atoms with Crippen LogP contribution in [0.4, 0.5) is 10.1 Å². The van der Waals surface area contributed by atoms with Gasteiger partial charge in [0.25, 0.3) is 0 Å². The number of Topliss-reactive ketones (excluding diaryl/α,β-unsaturated/α-hetero) is 1. The Kier molecular flexibility index (Phi) is 4.23. The highest BCUT2D eigenvalue weighted by Crippen LogP contribution is 2.56. The van der Waals surface area contributed by atoms with E-state index in [1.54, 1.807) is 24.3 Å². The molecule has 2 aromatic rings. The van der Waals surface area contributed by atoms with Gasteiger partial charge in [-0.2, -0.15) is 0 Å². The van der Waals surface area contributed by atoms with E-state index in [1.807, 2.05) is 0 Å². The minimum Gasteiger partial charge on any atom is -0.485 e. The van der Waals surface area contributed by atoms with E-state index in [9.17, 15) is 18.8 Å². The number of amides is 2. The van der Waals surface area contributed by atoms with Gasteiger partial charge in [0.15, 0.2) is 12.4 Å². The highest BCUT2D eigenvalue weighted by Gasteiger charge is 2.61. The normalized spacial score (nSPS) is 27.4. The molecule has 0 N–H and O–H groups in total. The summed E-state index contributed by atoms with van der Waals surface area (Å²) in [6.07, 6.45) is 3.11. The molecule has 5 rings (SSSR count). The summed E-state index contributed by atoms with van der Waals surface area (Å²) >= 11 is 0. The van der Waals surface area contributed by atoms with Gasteiger partial charge in [-0.3, -0.25) is 19.3 Å². The minimum absolute atomic E-state index is 0.0765. The molecule has 0 unspecified atom stereocenters. The molecular formula is C23H20FNO4. The van der Waals surface area contributed by atoms with Crippen LogP contribution in [0.15, 0.2) is 48.5 Å². The van der Waals surface area contributed by atoms with E-state index >= 15 is 0 Å². The number of ether oxygens (including phenoxy) is 1. The maximum absolute atomic E-state index is 12.9. The van der Waals surface area contributed by atoms with Gasteiger partial charge in [0.1, 0.15) is 11.6 Å². The molecule has 2 aliphatic carbocycles. The zero-order valence-corrected chi connectivity index (χ0v) is 15.7. The quantitative estimate of drug-likeness (QED) is 0.575. The Balaban J connectivity index is 1.26. The minimum atomic E-state index is -0.402. The molecule has 4 atom stereocenters. The average Bonchev–Trinajstić information content (AvgIpc) is 3.41. The summed E-state index contributed by atoms with van der Waals surface area (Å²) in [7, 11) is 0. The molecule has 0 spiro atoms. The number of carbonyl (C=O) groups excluding carboxylic acids is 3. The summed E-state index contributed by atoms with van der Waals surface area (Å²) in [5.74, 6) is 0.0563. The van der Waals surface area contributed by atoms with Crippen LogP contribution in [0, 0.1) is 29.5 Å². The predicted octanol–water partition coefficient (Wildman–Crippen LogP) is 3.62. The van der Waals surface area contributed by atoms with E-state index in [0.717, 1.165) is 19.3 Å². The van der Waals surface area contributed by atoms with Crippen molar-refractivity contribution in [3.05, 3.63) is 59.9 Å². The van der Waals surface area contributed by atoms with E-state index in [4.69, 9.17) is 4.74 Å². The first kappa shape index (κ1) is 18.0. The predicted molar refractivity (Wildman–Crippen MR) is 103 cm³/mol. The first-order valence-corrected chi connectivity index (χ1v) is 9.92. The molecule has 2 bridgehead atoms. The van der Waals surface area contributed by atoms with Gasteiger partial charge in [0, 0.05) is 5.56 Å². The molecule has 3 aliphatic rings. The second-order valence-electron chi connectivity index (χ2n) is 8.11. The Bertz CT molecular complexity index is 957. The first-order valence-electron chi connectivity index (χ1n) is 9.92. The fraction of sp³-hybridized carbons (Fsp3) is 0.348. The second kappa shape index (κ2) is 6.79. The third-order valence-corrected chi connectivity index (χ3v) is 6.56. The number of benzene rings is 2. The van der Waals surface area contributed by atoms with Crippen molar-refractivity contribution in [3.63, 3.8) is 0 Å². The van der Waals surface area contributed by atoms with Crippen LogP contribution in [-0.4, -0.2) is 24.2 Å². The zero-order valence-electron chi connectivity index (χ0n) is 15.7. The van der Waals surface area contributed by atoms with Crippen molar-refractivity contribution in [1.82, 2.24) is 0 Å². The fourth-order valence-corrected chi connectivity index (χ4v) is 5.22. The van der Waals surface area contributed by atoms with Crippen LogP contribution >= 0.6 is 0 Å². The summed E-state index contributed by atoms with van der Waals surface area (Å²) in [5.41, 5.74) is 0.920. The highest BCUT2D eigenvalue weighted by atomic mass is 19.1. The van der Waals surface area contributed by atoms with Crippen LogP contribution < -0.4 is 9.64 Å². The summed E-state index contributed by atoms with van der Waals surface area (Å²) in [4.78, 5) is 39.2. The average molecular weight is 393 g/mol. The van der Waals surface area contributed by atoms with E-state index < -0.39 is 5.82 Å². The number of carbonyl (C=O) groups is 3. The summed E-state index contributed by atoms with van der Waals surface area (Å²) in [5, 5.41) is 0. The van der Waals surface area contributed by atoms with Crippen LogP contribution in [0.5, 0.6) is 5.75 Å². The fourth-order valence-electron chi connectivity index (χ4n) is 5.22. The van der Waals surface area contributed by atoms with Gasteiger partial charge < -0.3 is 4.74 Å². The van der Waals surface area contributed by atoms with Crippen molar-refractivity contribution in [1.29, 1.82) is 0 Å². The lowest BCUT2D eigenvalue weighted by Crippen LogP contribution is -2.32. The zero-order chi connectivity index (χ0) is 20.1. The van der Waals surface area contributed by atoms with Gasteiger partial charge in [0.05, 0.1) is 17.5 Å². The van der Waals surface area contributed by atoms with Crippen molar-refractivity contribution in [2.75, 3.05) is 11.5 Å². The van der Waals surface area contributed by atoms with Crippen molar-refractivity contribution in [2.45, 2.75) is 19.3 Å². The molecular weight excluding hydrogens is 373 g/mol. The Morgan fingerprint density at radius 3 is 2.10 bits per heavy atom. The Hall–Kier alpha value is -3.02. The molecule has 0 radical (unpaired) electrons. The maximum Gasteiger partial charge on any atom is 0.237 e. The van der Waals surface area contributed by atoms with E-state index in [2.05, 4.69) is 0 Å². The van der Waals surface area contributed by atoms with Gasteiger partial charge in [-0.1, -0.05) is 0 Å². The van der Waals surface area contributed by atoms with Gasteiger partial charge in [-0.25, -0.2) is 4.39 Å². The lowest BCUT2D eigenvalue weighted by Gasteiger charge is -2.19. The SMILES string of the molecule is O=C(COc1ccc(N2C(=O)[C@@H]3[C@H]4CC[C@@H](C4)[C@@H]3C2=O)cc1)c1ccc(F)cc1. The summed E-state index contributed by atoms with van der Waals surface area (Å²) < 4.78 is 18.5. The molecule has 2 saturated carbocycles. The molecule has 2 amide bonds. The number of imide groups is 1.